The molecule has 0 saturated heterocycles. The number of para-hydroxylation sites is 1. The first-order valence-electron chi connectivity index (χ1n) is 9.27. The predicted octanol–water partition coefficient (Wildman–Crippen LogP) is 6.36. The number of rotatable bonds is 5. The molecule has 0 fully saturated rings. The summed E-state index contributed by atoms with van der Waals surface area (Å²) in [4.78, 5) is 0. The van der Waals surface area contributed by atoms with E-state index in [1.54, 1.807) is 0 Å². The number of aryl methyl sites for hydroxylation is 1. The maximum Gasteiger partial charge on any atom is 0.0688 e. The quantitative estimate of drug-likeness (QED) is 0.495. The van der Waals surface area contributed by atoms with Gasteiger partial charge in [-0.3, -0.25) is 5.43 Å². The third-order valence-electron chi connectivity index (χ3n) is 4.78. The summed E-state index contributed by atoms with van der Waals surface area (Å²) in [6.07, 6.45) is 7.83. The van der Waals surface area contributed by atoms with Crippen molar-refractivity contribution in [2.75, 3.05) is 5.43 Å². The van der Waals surface area contributed by atoms with E-state index in [9.17, 15) is 0 Å². The summed E-state index contributed by atoms with van der Waals surface area (Å²) in [6.45, 7) is 8.88. The predicted molar refractivity (Wildman–Crippen MR) is 113 cm³/mol. The minimum atomic E-state index is 0.189. The largest absolute Gasteiger partial charge is 0.278 e. The van der Waals surface area contributed by atoms with Crippen molar-refractivity contribution >= 4 is 11.4 Å². The molecule has 1 unspecified atom stereocenters. The first-order chi connectivity index (χ1) is 12.4. The zero-order chi connectivity index (χ0) is 18.6. The molecule has 0 spiro atoms. The lowest BCUT2D eigenvalue weighted by Gasteiger charge is -2.18. The van der Waals surface area contributed by atoms with Gasteiger partial charge in [0.2, 0.25) is 0 Å². The van der Waals surface area contributed by atoms with Gasteiger partial charge in [0.15, 0.2) is 0 Å². The van der Waals surface area contributed by atoms with Crippen molar-refractivity contribution in [2.45, 2.75) is 34.1 Å². The molecule has 2 aromatic rings. The minimum Gasteiger partial charge on any atom is -0.278 e. The van der Waals surface area contributed by atoms with E-state index in [2.05, 4.69) is 87.7 Å². The molecule has 0 amide bonds. The Hall–Kier alpha value is -2.61. The molecule has 26 heavy (non-hydrogen) atoms. The van der Waals surface area contributed by atoms with Gasteiger partial charge in [0.1, 0.15) is 0 Å². The highest BCUT2D eigenvalue weighted by molar-refractivity contribution is 6.01. The molecular formula is C24H28N2. The van der Waals surface area contributed by atoms with Crippen LogP contribution in [0.25, 0.3) is 0 Å². The highest BCUT2D eigenvalue weighted by atomic mass is 15.3. The zero-order valence-electron chi connectivity index (χ0n) is 16.2. The van der Waals surface area contributed by atoms with Gasteiger partial charge in [-0.2, -0.15) is 5.10 Å². The SMILES string of the molecule is Cc1ccccc1NN=C(CC1C=CC(C(C)(C)C)=C1)c1ccccc1. The van der Waals surface area contributed by atoms with E-state index < -0.39 is 0 Å². The van der Waals surface area contributed by atoms with Crippen LogP contribution < -0.4 is 5.43 Å². The summed E-state index contributed by atoms with van der Waals surface area (Å²) in [6, 6.07) is 18.7. The average Bonchev–Trinajstić information content (AvgIpc) is 3.10. The molecule has 0 aliphatic heterocycles. The van der Waals surface area contributed by atoms with Crippen molar-refractivity contribution in [3.63, 3.8) is 0 Å². The van der Waals surface area contributed by atoms with Crippen LogP contribution in [-0.2, 0) is 0 Å². The van der Waals surface area contributed by atoms with Crippen molar-refractivity contribution in [1.82, 2.24) is 0 Å². The van der Waals surface area contributed by atoms with Crippen LogP contribution in [0.2, 0.25) is 0 Å². The third kappa shape index (κ3) is 4.51. The molecule has 1 aliphatic rings. The normalized spacial score (nSPS) is 17.3. The lowest BCUT2D eigenvalue weighted by molar-refractivity contribution is 0.516. The minimum absolute atomic E-state index is 0.189. The lowest BCUT2D eigenvalue weighted by atomic mass is 9.87. The summed E-state index contributed by atoms with van der Waals surface area (Å²) < 4.78 is 0. The highest BCUT2D eigenvalue weighted by Crippen LogP contribution is 2.33. The van der Waals surface area contributed by atoms with Crippen molar-refractivity contribution in [1.29, 1.82) is 0 Å². The summed E-state index contributed by atoms with van der Waals surface area (Å²) in [5.41, 5.74) is 9.35. The summed E-state index contributed by atoms with van der Waals surface area (Å²) in [5.74, 6) is 0.391. The van der Waals surface area contributed by atoms with Gasteiger partial charge >= 0.3 is 0 Å². The molecule has 134 valence electrons. The Morgan fingerprint density at radius 1 is 1.00 bits per heavy atom. The van der Waals surface area contributed by atoms with E-state index in [0.29, 0.717) is 5.92 Å². The van der Waals surface area contributed by atoms with E-state index in [0.717, 1.165) is 17.8 Å². The van der Waals surface area contributed by atoms with Gasteiger partial charge < -0.3 is 0 Å². The second-order valence-electron chi connectivity index (χ2n) is 7.95. The monoisotopic (exact) mass is 344 g/mol. The number of nitrogens with zero attached hydrogens (tertiary/aromatic N) is 1. The third-order valence-corrected chi connectivity index (χ3v) is 4.78. The van der Waals surface area contributed by atoms with Gasteiger partial charge in [0.25, 0.3) is 0 Å². The number of benzene rings is 2. The smallest absolute Gasteiger partial charge is 0.0688 e. The second kappa shape index (κ2) is 7.74. The van der Waals surface area contributed by atoms with Crippen molar-refractivity contribution in [2.24, 2.45) is 16.4 Å². The van der Waals surface area contributed by atoms with Crippen LogP contribution in [0, 0.1) is 18.3 Å². The molecule has 1 N–H and O–H groups in total. The van der Waals surface area contributed by atoms with E-state index in [4.69, 9.17) is 5.10 Å². The Morgan fingerprint density at radius 2 is 1.69 bits per heavy atom. The second-order valence-corrected chi connectivity index (χ2v) is 7.95. The molecule has 0 radical (unpaired) electrons. The Bertz CT molecular complexity index is 836. The molecule has 1 atom stereocenters. The van der Waals surface area contributed by atoms with Crippen LogP contribution in [0.4, 0.5) is 5.69 Å². The molecule has 2 aromatic carbocycles. The molecule has 0 heterocycles. The zero-order valence-corrected chi connectivity index (χ0v) is 16.2. The topological polar surface area (TPSA) is 24.4 Å². The number of allylic oxidation sites excluding steroid dienone is 4. The first-order valence-corrected chi connectivity index (χ1v) is 9.27. The van der Waals surface area contributed by atoms with Crippen molar-refractivity contribution in [3.8, 4) is 0 Å². The van der Waals surface area contributed by atoms with E-state index in [1.807, 2.05) is 18.2 Å². The maximum atomic E-state index is 4.78. The average molecular weight is 345 g/mol. The van der Waals surface area contributed by atoms with E-state index >= 15 is 0 Å². The fourth-order valence-corrected chi connectivity index (χ4v) is 3.10. The molecule has 0 aromatic heterocycles. The Morgan fingerprint density at radius 3 is 2.35 bits per heavy atom. The van der Waals surface area contributed by atoms with E-state index in [1.165, 1.54) is 16.7 Å². The van der Waals surface area contributed by atoms with Gasteiger partial charge in [-0.25, -0.2) is 0 Å². The lowest BCUT2D eigenvalue weighted by Crippen LogP contribution is -2.10. The van der Waals surface area contributed by atoms with Gasteiger partial charge in [-0.05, 0) is 35.1 Å². The molecular weight excluding hydrogens is 316 g/mol. The molecule has 0 bridgehead atoms. The molecule has 2 nitrogen and oxygen atoms in total. The fraction of sp³-hybridized carbons (Fsp3) is 0.292. The van der Waals surface area contributed by atoms with Gasteiger partial charge in [-0.15, -0.1) is 0 Å². The Labute approximate surface area is 157 Å². The number of hydrazone groups is 1. The molecule has 2 heteroatoms. The van der Waals surface area contributed by atoms with Crippen LogP contribution in [0.15, 0.2) is 83.5 Å². The summed E-state index contributed by atoms with van der Waals surface area (Å²) in [5, 5.41) is 4.78. The maximum absolute atomic E-state index is 4.78. The standard InChI is InChI=1S/C24H28N2/c1-18-10-8-9-13-22(18)25-26-23(20-11-6-5-7-12-20)17-19-14-15-21(16-19)24(2,3)4/h5-16,19,25H,17H2,1-4H3. The van der Waals surface area contributed by atoms with Crippen LogP contribution >= 0.6 is 0 Å². The number of hydrogen-bond acceptors (Lipinski definition) is 2. The summed E-state index contributed by atoms with van der Waals surface area (Å²) >= 11 is 0. The molecule has 0 saturated carbocycles. The Balaban J connectivity index is 1.84. The van der Waals surface area contributed by atoms with Crippen LogP contribution in [0.1, 0.15) is 38.3 Å². The van der Waals surface area contributed by atoms with Gasteiger partial charge in [-0.1, -0.05) is 87.5 Å². The fourth-order valence-electron chi connectivity index (χ4n) is 3.10. The number of nitrogens with one attached hydrogen (secondary N) is 1. The van der Waals surface area contributed by atoms with Gasteiger partial charge in [0.05, 0.1) is 11.4 Å². The Kier molecular flexibility index (Phi) is 5.41. The van der Waals surface area contributed by atoms with Gasteiger partial charge in [0, 0.05) is 12.3 Å². The number of anilines is 1. The van der Waals surface area contributed by atoms with Crippen LogP contribution in [0.5, 0.6) is 0 Å². The van der Waals surface area contributed by atoms with Crippen molar-refractivity contribution in [3.05, 3.63) is 89.5 Å². The first kappa shape index (κ1) is 18.2. The number of hydrogen-bond donors (Lipinski definition) is 1. The van der Waals surface area contributed by atoms with E-state index in [-0.39, 0.29) is 5.41 Å². The summed E-state index contributed by atoms with van der Waals surface area (Å²) in [7, 11) is 0. The highest BCUT2D eigenvalue weighted by Gasteiger charge is 2.21. The molecule has 1 aliphatic carbocycles. The van der Waals surface area contributed by atoms with Crippen LogP contribution in [0.3, 0.4) is 0 Å². The molecule has 3 rings (SSSR count). The van der Waals surface area contributed by atoms with Crippen LogP contribution in [-0.4, -0.2) is 5.71 Å². The van der Waals surface area contributed by atoms with Crippen molar-refractivity contribution < 1.29 is 0 Å².